The van der Waals surface area contributed by atoms with Crippen LogP contribution in [-0.4, -0.2) is 23.2 Å². The lowest BCUT2D eigenvalue weighted by molar-refractivity contribution is 0.206. The highest BCUT2D eigenvalue weighted by molar-refractivity contribution is 8.13. The topological polar surface area (TPSA) is 95.2 Å². The predicted molar refractivity (Wildman–Crippen MR) is 109 cm³/mol. The number of hydrogen-bond donors (Lipinski definition) is 2. The fourth-order valence-corrected chi connectivity index (χ4v) is 3.18. The first-order chi connectivity index (χ1) is 13.0. The second-order valence-electron chi connectivity index (χ2n) is 5.25. The minimum absolute atomic E-state index is 0.0540. The van der Waals surface area contributed by atoms with Crippen LogP contribution in [0.1, 0.15) is 5.56 Å². The number of ether oxygens (including phenoxy) is 2. The summed E-state index contributed by atoms with van der Waals surface area (Å²) in [7, 11) is 1.59. The predicted octanol–water partition coefficient (Wildman–Crippen LogP) is 4.16. The van der Waals surface area contributed by atoms with Gasteiger partial charge in [-0.2, -0.15) is 5.26 Å². The van der Waals surface area contributed by atoms with Gasteiger partial charge in [0.15, 0.2) is 0 Å². The molecule has 1 unspecified atom stereocenters. The van der Waals surface area contributed by atoms with Crippen LogP contribution >= 0.6 is 24.0 Å². The summed E-state index contributed by atoms with van der Waals surface area (Å²) in [6.45, 7) is 0. The van der Waals surface area contributed by atoms with Gasteiger partial charge in [-0.05, 0) is 29.8 Å². The Morgan fingerprint density at radius 2 is 1.89 bits per heavy atom. The van der Waals surface area contributed by atoms with Crippen molar-refractivity contribution in [1.29, 1.82) is 10.7 Å². The van der Waals surface area contributed by atoms with Gasteiger partial charge in [-0.1, -0.05) is 42.5 Å². The van der Waals surface area contributed by atoms with Crippen LogP contribution in [0, 0.1) is 22.7 Å². The van der Waals surface area contributed by atoms with E-state index in [4.69, 9.17) is 27.1 Å². The number of amides is 1. The molecule has 0 saturated heterocycles. The number of thiocarbonyl (C=S) groups is 1. The SMILES string of the molecule is COc1ccc(CSC(=N)C(C#N)C(=S)NC(=O)Oc2ccccc2)cc1. The van der Waals surface area contributed by atoms with Crippen molar-refractivity contribution < 1.29 is 14.3 Å². The van der Waals surface area contributed by atoms with E-state index in [9.17, 15) is 10.1 Å². The quantitative estimate of drug-likeness (QED) is 0.430. The number of hydrogen-bond acceptors (Lipinski definition) is 7. The monoisotopic (exact) mass is 399 g/mol. The Morgan fingerprint density at radius 1 is 1.22 bits per heavy atom. The van der Waals surface area contributed by atoms with Crippen molar-refractivity contribution in [2.75, 3.05) is 7.11 Å². The maximum atomic E-state index is 11.9. The van der Waals surface area contributed by atoms with E-state index in [1.54, 1.807) is 37.4 Å². The minimum atomic E-state index is -1.02. The zero-order chi connectivity index (χ0) is 19.6. The number of benzene rings is 2. The molecule has 6 nitrogen and oxygen atoms in total. The van der Waals surface area contributed by atoms with Crippen molar-refractivity contribution in [1.82, 2.24) is 5.32 Å². The Hall–Kier alpha value is -2.89. The largest absolute Gasteiger partial charge is 0.497 e. The van der Waals surface area contributed by atoms with Crippen LogP contribution in [0.4, 0.5) is 4.79 Å². The molecule has 1 amide bonds. The van der Waals surface area contributed by atoms with E-state index < -0.39 is 12.0 Å². The van der Waals surface area contributed by atoms with Crippen LogP contribution in [0.15, 0.2) is 54.6 Å². The third-order valence-electron chi connectivity index (χ3n) is 3.39. The third kappa shape index (κ3) is 6.40. The Bertz CT molecular complexity index is 849. The first-order valence-electron chi connectivity index (χ1n) is 7.85. The van der Waals surface area contributed by atoms with Crippen molar-refractivity contribution in [2.24, 2.45) is 5.92 Å². The molecule has 0 saturated carbocycles. The van der Waals surface area contributed by atoms with E-state index in [-0.39, 0.29) is 10.0 Å². The number of nitrogens with zero attached hydrogens (tertiary/aromatic N) is 1. The summed E-state index contributed by atoms with van der Waals surface area (Å²) in [5.41, 5.74) is 0.976. The van der Waals surface area contributed by atoms with Crippen molar-refractivity contribution in [3.8, 4) is 17.6 Å². The molecule has 0 aromatic heterocycles. The van der Waals surface area contributed by atoms with Crippen molar-refractivity contribution in [3.05, 3.63) is 60.2 Å². The number of methoxy groups -OCH3 is 1. The first-order valence-corrected chi connectivity index (χ1v) is 9.24. The summed E-state index contributed by atoms with van der Waals surface area (Å²) >= 11 is 6.28. The maximum Gasteiger partial charge on any atom is 0.417 e. The Balaban J connectivity index is 1.88. The molecule has 2 aromatic rings. The van der Waals surface area contributed by atoms with Gasteiger partial charge in [0.05, 0.1) is 18.2 Å². The molecule has 0 spiro atoms. The van der Waals surface area contributed by atoms with Gasteiger partial charge in [-0.3, -0.25) is 10.7 Å². The lowest BCUT2D eigenvalue weighted by atomic mass is 10.2. The summed E-state index contributed by atoms with van der Waals surface area (Å²) in [5, 5.41) is 19.8. The average molecular weight is 399 g/mol. The highest BCUT2D eigenvalue weighted by Crippen LogP contribution is 2.20. The Kier molecular flexibility index (Phi) is 7.79. The molecule has 8 heteroatoms. The second kappa shape index (κ2) is 10.3. The zero-order valence-corrected chi connectivity index (χ0v) is 16.1. The van der Waals surface area contributed by atoms with Crippen molar-refractivity contribution in [3.63, 3.8) is 0 Å². The number of rotatable bonds is 6. The van der Waals surface area contributed by atoms with Crippen LogP contribution in [0.5, 0.6) is 11.5 Å². The number of nitrogens with one attached hydrogen (secondary N) is 2. The van der Waals surface area contributed by atoms with Gasteiger partial charge in [0.1, 0.15) is 22.4 Å². The van der Waals surface area contributed by atoms with Crippen LogP contribution in [0.3, 0.4) is 0 Å². The maximum absolute atomic E-state index is 11.9. The van der Waals surface area contributed by atoms with E-state index in [1.807, 2.05) is 30.3 Å². The fraction of sp³-hybridized carbons (Fsp3) is 0.158. The van der Waals surface area contributed by atoms with Crippen LogP contribution < -0.4 is 14.8 Å². The number of carbonyl (C=O) groups excluding carboxylic acids is 1. The Labute approximate surface area is 167 Å². The molecule has 0 bridgehead atoms. The van der Waals surface area contributed by atoms with Gasteiger partial charge < -0.3 is 9.47 Å². The molecule has 2 aromatic carbocycles. The smallest absolute Gasteiger partial charge is 0.417 e. The summed E-state index contributed by atoms with van der Waals surface area (Å²) in [5.74, 6) is 0.579. The highest BCUT2D eigenvalue weighted by Gasteiger charge is 2.22. The summed E-state index contributed by atoms with van der Waals surface area (Å²) < 4.78 is 10.2. The third-order valence-corrected chi connectivity index (χ3v) is 4.75. The standard InChI is InChI=1S/C19H17N3O3S2/c1-24-14-9-7-13(8-10-14)12-27-17(21)16(11-20)18(26)22-19(23)25-15-5-3-2-4-6-15/h2-10,16,21H,12H2,1H3,(H,22,23,26). The summed E-state index contributed by atoms with van der Waals surface area (Å²) in [6.07, 6.45) is -0.792. The number of para-hydroxylation sites is 1. The molecule has 2 N–H and O–H groups in total. The summed E-state index contributed by atoms with van der Waals surface area (Å²) in [6, 6.07) is 17.9. The molecule has 0 aliphatic rings. The molecule has 1 atom stereocenters. The number of nitriles is 1. The molecule has 0 heterocycles. The van der Waals surface area contributed by atoms with E-state index in [2.05, 4.69) is 5.32 Å². The van der Waals surface area contributed by atoms with Gasteiger partial charge in [0.25, 0.3) is 0 Å². The molecule has 138 valence electrons. The van der Waals surface area contributed by atoms with Gasteiger partial charge >= 0.3 is 6.09 Å². The van der Waals surface area contributed by atoms with Crippen molar-refractivity contribution in [2.45, 2.75) is 5.75 Å². The number of thioether (sulfide) groups is 1. The second-order valence-corrected chi connectivity index (χ2v) is 6.71. The molecule has 0 aliphatic carbocycles. The van der Waals surface area contributed by atoms with Crippen LogP contribution in [0.2, 0.25) is 0 Å². The lowest BCUT2D eigenvalue weighted by Gasteiger charge is -2.13. The molecular weight excluding hydrogens is 382 g/mol. The normalized spacial score (nSPS) is 11.0. The number of carbonyl (C=O) groups is 1. The molecule has 27 heavy (non-hydrogen) atoms. The van der Waals surface area contributed by atoms with Crippen LogP contribution in [0.25, 0.3) is 0 Å². The van der Waals surface area contributed by atoms with Gasteiger partial charge in [-0.15, -0.1) is 11.8 Å². The molecule has 0 fully saturated rings. The molecule has 2 rings (SSSR count). The van der Waals surface area contributed by atoms with E-state index in [0.717, 1.165) is 11.3 Å². The summed E-state index contributed by atoms with van der Waals surface area (Å²) in [4.78, 5) is 11.8. The van der Waals surface area contributed by atoms with Gasteiger partial charge in [-0.25, -0.2) is 4.79 Å². The average Bonchev–Trinajstić information content (AvgIpc) is 2.68. The van der Waals surface area contributed by atoms with Gasteiger partial charge in [0, 0.05) is 5.75 Å². The first kappa shape index (κ1) is 20.4. The molecular formula is C19H17N3O3S2. The van der Waals surface area contributed by atoms with E-state index in [1.165, 1.54) is 11.8 Å². The molecule has 0 aliphatic heterocycles. The van der Waals surface area contributed by atoms with Crippen molar-refractivity contribution >= 4 is 40.1 Å². The lowest BCUT2D eigenvalue weighted by Crippen LogP contribution is -2.38. The van der Waals surface area contributed by atoms with Crippen LogP contribution in [-0.2, 0) is 5.75 Å². The molecule has 0 radical (unpaired) electrons. The highest BCUT2D eigenvalue weighted by atomic mass is 32.2. The minimum Gasteiger partial charge on any atom is -0.497 e. The zero-order valence-electron chi connectivity index (χ0n) is 14.5. The van der Waals surface area contributed by atoms with E-state index in [0.29, 0.717) is 11.5 Å². The fourth-order valence-electron chi connectivity index (χ4n) is 2.00. The van der Waals surface area contributed by atoms with Gasteiger partial charge in [0.2, 0.25) is 0 Å². The van der Waals surface area contributed by atoms with E-state index >= 15 is 0 Å². The Morgan fingerprint density at radius 3 is 2.48 bits per heavy atom.